The number of aromatic hydroxyl groups is 1. The second-order valence-electron chi connectivity index (χ2n) is 4.63. The number of hydrogen-bond donors (Lipinski definition) is 1. The van der Waals surface area contributed by atoms with E-state index in [9.17, 15) is 5.11 Å². The van der Waals surface area contributed by atoms with Gasteiger partial charge in [-0.2, -0.15) is 4.98 Å². The number of benzene rings is 1. The minimum atomic E-state index is 0.0269. The van der Waals surface area contributed by atoms with Crippen LogP contribution in [0, 0.1) is 5.92 Å². The van der Waals surface area contributed by atoms with Gasteiger partial charge in [0.15, 0.2) is 17.3 Å². The molecule has 0 radical (unpaired) electrons. The maximum atomic E-state index is 10.0. The third kappa shape index (κ3) is 1.72. The average molecular weight is 246 g/mol. The van der Waals surface area contributed by atoms with E-state index in [-0.39, 0.29) is 5.75 Å². The van der Waals surface area contributed by atoms with Crippen molar-refractivity contribution in [1.29, 1.82) is 0 Å². The molecule has 5 nitrogen and oxygen atoms in total. The number of phenolic OH excluding ortho intramolecular Hbond substituents is 1. The van der Waals surface area contributed by atoms with Gasteiger partial charge in [0.25, 0.3) is 5.89 Å². The lowest BCUT2D eigenvalue weighted by Gasteiger charge is -2.04. The maximum Gasteiger partial charge on any atom is 0.261 e. The van der Waals surface area contributed by atoms with Crippen molar-refractivity contribution in [2.45, 2.75) is 19.3 Å². The van der Waals surface area contributed by atoms with E-state index < -0.39 is 0 Å². The molecule has 0 aliphatic heterocycles. The smallest absolute Gasteiger partial charge is 0.261 e. The first-order valence-corrected chi connectivity index (χ1v) is 5.90. The summed E-state index contributed by atoms with van der Waals surface area (Å²) in [6.45, 7) is 2.16. The van der Waals surface area contributed by atoms with E-state index in [1.807, 2.05) is 0 Å². The van der Waals surface area contributed by atoms with Crippen LogP contribution >= 0.6 is 0 Å². The van der Waals surface area contributed by atoms with Crippen LogP contribution in [0.3, 0.4) is 0 Å². The third-order valence-electron chi connectivity index (χ3n) is 3.33. The van der Waals surface area contributed by atoms with Crippen LogP contribution in [0.5, 0.6) is 11.5 Å². The molecule has 0 spiro atoms. The van der Waals surface area contributed by atoms with Crippen LogP contribution in [0.25, 0.3) is 11.5 Å². The zero-order valence-corrected chi connectivity index (χ0v) is 10.3. The monoisotopic (exact) mass is 246 g/mol. The summed E-state index contributed by atoms with van der Waals surface area (Å²) in [5, 5.41) is 14.0. The highest BCUT2D eigenvalue weighted by molar-refractivity contribution is 5.66. The molecule has 94 valence electrons. The van der Waals surface area contributed by atoms with Gasteiger partial charge in [0, 0.05) is 5.92 Å². The molecule has 1 fully saturated rings. The second-order valence-corrected chi connectivity index (χ2v) is 4.63. The van der Waals surface area contributed by atoms with Crippen molar-refractivity contribution in [1.82, 2.24) is 10.1 Å². The molecule has 2 aromatic rings. The van der Waals surface area contributed by atoms with E-state index in [1.165, 1.54) is 7.11 Å². The molecule has 0 amide bonds. The molecule has 0 bridgehead atoms. The molecular weight excluding hydrogens is 232 g/mol. The standard InChI is InChI=1S/C13H14N2O3/c1-7-6-9(7)12-14-13(18-15-12)8-4-3-5-10(17-2)11(8)16/h3-5,7,9,16H,6H2,1-2H3. The zero-order valence-electron chi connectivity index (χ0n) is 10.3. The van der Waals surface area contributed by atoms with E-state index in [1.54, 1.807) is 18.2 Å². The van der Waals surface area contributed by atoms with Gasteiger partial charge in [-0.3, -0.25) is 0 Å². The first-order valence-electron chi connectivity index (χ1n) is 5.90. The largest absolute Gasteiger partial charge is 0.504 e. The Morgan fingerprint density at radius 3 is 2.89 bits per heavy atom. The predicted molar refractivity (Wildman–Crippen MR) is 64.5 cm³/mol. The Labute approximate surface area is 104 Å². The van der Waals surface area contributed by atoms with Gasteiger partial charge in [0.2, 0.25) is 0 Å². The summed E-state index contributed by atoms with van der Waals surface area (Å²) in [7, 11) is 1.50. The normalized spacial score (nSPS) is 21.9. The Hall–Kier alpha value is -2.04. The van der Waals surface area contributed by atoms with Crippen molar-refractivity contribution in [2.75, 3.05) is 7.11 Å². The number of aromatic nitrogens is 2. The average Bonchev–Trinajstić information content (AvgIpc) is 2.92. The molecule has 1 saturated carbocycles. The van der Waals surface area contributed by atoms with Gasteiger partial charge in [-0.25, -0.2) is 0 Å². The first kappa shape index (κ1) is 11.1. The van der Waals surface area contributed by atoms with Gasteiger partial charge in [0.1, 0.15) is 0 Å². The van der Waals surface area contributed by atoms with Crippen LogP contribution in [0.4, 0.5) is 0 Å². The van der Waals surface area contributed by atoms with Gasteiger partial charge in [0.05, 0.1) is 12.7 Å². The van der Waals surface area contributed by atoms with Crippen molar-refractivity contribution in [3.8, 4) is 23.0 Å². The third-order valence-corrected chi connectivity index (χ3v) is 3.33. The quantitative estimate of drug-likeness (QED) is 0.901. The van der Waals surface area contributed by atoms with Crippen molar-refractivity contribution in [2.24, 2.45) is 5.92 Å². The lowest BCUT2D eigenvalue weighted by molar-refractivity contribution is 0.371. The maximum absolute atomic E-state index is 10.0. The minimum absolute atomic E-state index is 0.0269. The summed E-state index contributed by atoms with van der Waals surface area (Å²) in [5.41, 5.74) is 0.501. The van der Waals surface area contributed by atoms with Crippen LogP contribution in [0.15, 0.2) is 22.7 Å². The Morgan fingerprint density at radius 1 is 1.44 bits per heavy atom. The molecule has 1 aliphatic rings. The Balaban J connectivity index is 1.97. The summed E-state index contributed by atoms with van der Waals surface area (Å²) in [5.74, 6) is 2.50. The molecule has 1 aromatic heterocycles. The fourth-order valence-corrected chi connectivity index (χ4v) is 2.04. The van der Waals surface area contributed by atoms with Crippen molar-refractivity contribution >= 4 is 0 Å². The Bertz CT molecular complexity index is 579. The summed E-state index contributed by atoms with van der Waals surface area (Å²) >= 11 is 0. The topological polar surface area (TPSA) is 68.4 Å². The van der Waals surface area contributed by atoms with Crippen LogP contribution in [-0.4, -0.2) is 22.4 Å². The number of nitrogens with zero attached hydrogens (tertiary/aromatic N) is 2. The van der Waals surface area contributed by atoms with Gasteiger partial charge in [-0.1, -0.05) is 18.1 Å². The lowest BCUT2D eigenvalue weighted by Crippen LogP contribution is -1.87. The summed E-state index contributed by atoms with van der Waals surface area (Å²) in [6.07, 6.45) is 1.10. The molecule has 3 rings (SSSR count). The number of phenols is 1. The number of ether oxygens (including phenoxy) is 1. The van der Waals surface area contributed by atoms with Crippen LogP contribution in [0.2, 0.25) is 0 Å². The molecule has 1 N–H and O–H groups in total. The zero-order chi connectivity index (χ0) is 12.7. The molecule has 1 heterocycles. The van der Waals surface area contributed by atoms with Gasteiger partial charge in [-0.15, -0.1) is 0 Å². The first-order chi connectivity index (χ1) is 8.70. The summed E-state index contributed by atoms with van der Waals surface area (Å²) in [4.78, 5) is 4.34. The van der Waals surface area contributed by atoms with E-state index in [0.717, 1.165) is 12.2 Å². The number of methoxy groups -OCH3 is 1. The van der Waals surface area contributed by atoms with E-state index in [2.05, 4.69) is 17.1 Å². The Kier molecular flexibility index (Phi) is 2.47. The van der Waals surface area contributed by atoms with Crippen LogP contribution < -0.4 is 4.74 Å². The molecule has 2 unspecified atom stereocenters. The number of rotatable bonds is 3. The molecular formula is C13H14N2O3. The summed E-state index contributed by atoms with van der Waals surface area (Å²) in [6, 6.07) is 5.18. The van der Waals surface area contributed by atoms with Crippen molar-refractivity contribution in [3.05, 3.63) is 24.0 Å². The highest BCUT2D eigenvalue weighted by atomic mass is 16.5. The highest BCUT2D eigenvalue weighted by Gasteiger charge is 2.38. The minimum Gasteiger partial charge on any atom is -0.504 e. The van der Waals surface area contributed by atoms with E-state index in [4.69, 9.17) is 9.26 Å². The summed E-state index contributed by atoms with van der Waals surface area (Å²) < 4.78 is 10.3. The van der Waals surface area contributed by atoms with Crippen molar-refractivity contribution in [3.63, 3.8) is 0 Å². The van der Waals surface area contributed by atoms with Gasteiger partial charge < -0.3 is 14.4 Å². The molecule has 1 aliphatic carbocycles. The number of para-hydroxylation sites is 1. The Morgan fingerprint density at radius 2 is 2.22 bits per heavy atom. The number of hydrogen-bond acceptors (Lipinski definition) is 5. The van der Waals surface area contributed by atoms with E-state index in [0.29, 0.717) is 29.0 Å². The van der Waals surface area contributed by atoms with Crippen LogP contribution in [0.1, 0.15) is 25.1 Å². The highest BCUT2D eigenvalue weighted by Crippen LogP contribution is 2.46. The molecule has 0 saturated heterocycles. The molecule has 18 heavy (non-hydrogen) atoms. The van der Waals surface area contributed by atoms with Gasteiger partial charge >= 0.3 is 0 Å². The second kappa shape index (κ2) is 4.01. The van der Waals surface area contributed by atoms with Crippen molar-refractivity contribution < 1.29 is 14.4 Å². The van der Waals surface area contributed by atoms with E-state index >= 15 is 0 Å². The molecule has 2 atom stereocenters. The fraction of sp³-hybridized carbons (Fsp3) is 0.385. The lowest BCUT2D eigenvalue weighted by atomic mass is 10.2. The predicted octanol–water partition coefficient (Wildman–Crippen LogP) is 2.57. The molecule has 1 aromatic carbocycles. The van der Waals surface area contributed by atoms with Crippen LogP contribution in [-0.2, 0) is 0 Å². The molecule has 5 heteroatoms. The van der Waals surface area contributed by atoms with Gasteiger partial charge in [-0.05, 0) is 24.5 Å². The fourth-order valence-electron chi connectivity index (χ4n) is 2.04. The SMILES string of the molecule is COc1cccc(-c2nc(C3CC3C)no2)c1O.